The predicted molar refractivity (Wildman–Crippen MR) is 75.0 cm³/mol. The molecule has 2 aliphatic heterocycles. The van der Waals surface area contributed by atoms with Gasteiger partial charge < -0.3 is 4.90 Å². The third kappa shape index (κ3) is 2.05. The van der Waals surface area contributed by atoms with E-state index in [1.165, 1.54) is 28.2 Å². The number of aromatic nitrogens is 4. The van der Waals surface area contributed by atoms with Gasteiger partial charge in [-0.1, -0.05) is 0 Å². The summed E-state index contributed by atoms with van der Waals surface area (Å²) in [6, 6.07) is 0. The summed E-state index contributed by atoms with van der Waals surface area (Å²) in [6.45, 7) is 5.11. The molecule has 0 saturated heterocycles. The van der Waals surface area contributed by atoms with Crippen molar-refractivity contribution in [1.82, 2.24) is 30.2 Å². The molecule has 0 unspecified atom stereocenters. The fourth-order valence-corrected chi connectivity index (χ4v) is 3.24. The molecule has 0 saturated carbocycles. The zero-order chi connectivity index (χ0) is 13.5. The average Bonchev–Trinajstić information content (AvgIpc) is 3.05. The van der Waals surface area contributed by atoms with Crippen molar-refractivity contribution in [3.63, 3.8) is 0 Å². The summed E-state index contributed by atoms with van der Waals surface area (Å²) >= 11 is 0. The molecular formula is C14H20N6. The Hall–Kier alpha value is -1.66. The minimum Gasteiger partial charge on any atom is -0.302 e. The van der Waals surface area contributed by atoms with Gasteiger partial charge >= 0.3 is 0 Å². The van der Waals surface area contributed by atoms with Gasteiger partial charge in [0.15, 0.2) is 0 Å². The smallest absolute Gasteiger partial charge is 0.0810 e. The Kier molecular flexibility index (Phi) is 2.85. The van der Waals surface area contributed by atoms with Crippen LogP contribution >= 0.6 is 0 Å². The summed E-state index contributed by atoms with van der Waals surface area (Å²) in [7, 11) is 2.18. The number of nitrogens with zero attached hydrogens (tertiary/aromatic N) is 4. The summed E-state index contributed by atoms with van der Waals surface area (Å²) in [5.74, 6) is 0. The molecule has 20 heavy (non-hydrogen) atoms. The van der Waals surface area contributed by atoms with E-state index in [0.29, 0.717) is 0 Å². The summed E-state index contributed by atoms with van der Waals surface area (Å²) in [6.07, 6.45) is 4.12. The summed E-state index contributed by atoms with van der Waals surface area (Å²) in [4.78, 5) is 4.82. The Morgan fingerprint density at radius 2 is 2.10 bits per heavy atom. The number of aromatic amines is 2. The maximum Gasteiger partial charge on any atom is 0.0810 e. The zero-order valence-electron chi connectivity index (χ0n) is 11.8. The third-order valence-corrected chi connectivity index (χ3v) is 4.47. The van der Waals surface area contributed by atoms with Gasteiger partial charge in [0.1, 0.15) is 0 Å². The highest BCUT2D eigenvalue weighted by atomic mass is 15.2. The summed E-state index contributed by atoms with van der Waals surface area (Å²) < 4.78 is 0. The second kappa shape index (κ2) is 4.71. The van der Waals surface area contributed by atoms with Crippen LogP contribution in [0.1, 0.15) is 28.2 Å². The van der Waals surface area contributed by atoms with E-state index >= 15 is 0 Å². The predicted octanol–water partition coefficient (Wildman–Crippen LogP) is 0.679. The van der Waals surface area contributed by atoms with E-state index in [0.717, 1.165) is 45.6 Å². The molecule has 6 nitrogen and oxygen atoms in total. The van der Waals surface area contributed by atoms with Crippen molar-refractivity contribution in [2.24, 2.45) is 0 Å². The number of likely N-dealkylation sites (N-methyl/N-ethyl adjacent to an activating group) is 1. The molecule has 2 aliphatic rings. The molecule has 0 atom stereocenters. The molecule has 0 amide bonds. The van der Waals surface area contributed by atoms with Gasteiger partial charge in [0.05, 0.1) is 17.6 Å². The quantitative estimate of drug-likeness (QED) is 0.844. The van der Waals surface area contributed by atoms with Crippen molar-refractivity contribution in [2.45, 2.75) is 32.5 Å². The van der Waals surface area contributed by atoms with Crippen molar-refractivity contribution in [3.8, 4) is 0 Å². The third-order valence-electron chi connectivity index (χ3n) is 4.47. The minimum absolute atomic E-state index is 0.929. The van der Waals surface area contributed by atoms with Crippen LogP contribution < -0.4 is 0 Å². The fourth-order valence-electron chi connectivity index (χ4n) is 3.24. The van der Waals surface area contributed by atoms with E-state index in [-0.39, 0.29) is 0 Å². The lowest BCUT2D eigenvalue weighted by atomic mass is 10.0. The first kappa shape index (κ1) is 12.1. The van der Waals surface area contributed by atoms with E-state index in [4.69, 9.17) is 0 Å². The Bertz CT molecular complexity index is 613. The number of hydrogen-bond donors (Lipinski definition) is 2. The number of H-pyrrole nitrogens is 2. The Morgan fingerprint density at radius 3 is 3.05 bits per heavy atom. The van der Waals surface area contributed by atoms with Crippen molar-refractivity contribution in [3.05, 3.63) is 34.4 Å². The number of fused-ring (bicyclic) bond motifs is 2. The first-order valence-electron chi connectivity index (χ1n) is 7.26. The van der Waals surface area contributed by atoms with Crippen molar-refractivity contribution < 1.29 is 0 Å². The minimum atomic E-state index is 0.929. The molecule has 4 rings (SSSR count). The largest absolute Gasteiger partial charge is 0.302 e. The highest BCUT2D eigenvalue weighted by molar-refractivity contribution is 5.28. The molecule has 0 fully saturated rings. The van der Waals surface area contributed by atoms with E-state index < -0.39 is 0 Å². The van der Waals surface area contributed by atoms with E-state index in [9.17, 15) is 0 Å². The average molecular weight is 272 g/mol. The molecule has 0 aromatic carbocycles. The van der Waals surface area contributed by atoms with Gasteiger partial charge in [0.2, 0.25) is 0 Å². The highest BCUT2D eigenvalue weighted by Gasteiger charge is 2.23. The van der Waals surface area contributed by atoms with E-state index in [1.54, 1.807) is 0 Å². The van der Waals surface area contributed by atoms with Gasteiger partial charge in [-0.25, -0.2) is 0 Å². The van der Waals surface area contributed by atoms with Crippen LogP contribution in [0.2, 0.25) is 0 Å². The zero-order valence-corrected chi connectivity index (χ0v) is 11.8. The van der Waals surface area contributed by atoms with Crippen molar-refractivity contribution >= 4 is 0 Å². The molecule has 0 spiro atoms. The van der Waals surface area contributed by atoms with Gasteiger partial charge in [0.25, 0.3) is 0 Å². The van der Waals surface area contributed by atoms with Crippen LogP contribution in [0.15, 0.2) is 6.20 Å². The van der Waals surface area contributed by atoms with Gasteiger partial charge in [-0.15, -0.1) is 0 Å². The second-order valence-corrected chi connectivity index (χ2v) is 5.95. The maximum atomic E-state index is 4.55. The molecule has 0 bridgehead atoms. The lowest BCUT2D eigenvalue weighted by molar-refractivity contribution is 0.236. The Balaban J connectivity index is 1.52. The van der Waals surface area contributed by atoms with Gasteiger partial charge in [0, 0.05) is 50.4 Å². The first-order valence-corrected chi connectivity index (χ1v) is 7.26. The molecular weight excluding hydrogens is 252 g/mol. The first-order chi connectivity index (χ1) is 9.79. The van der Waals surface area contributed by atoms with Crippen molar-refractivity contribution in [2.75, 3.05) is 20.1 Å². The van der Waals surface area contributed by atoms with Gasteiger partial charge in [-0.2, -0.15) is 10.2 Å². The van der Waals surface area contributed by atoms with Crippen LogP contribution in [-0.2, 0) is 32.5 Å². The molecule has 4 heterocycles. The molecule has 0 aliphatic carbocycles. The number of rotatable bonds is 2. The fraction of sp³-hybridized carbons (Fsp3) is 0.571. The lowest BCUT2D eigenvalue weighted by Gasteiger charge is -2.27. The molecule has 6 heteroatoms. The van der Waals surface area contributed by atoms with Crippen LogP contribution in [0.5, 0.6) is 0 Å². The highest BCUT2D eigenvalue weighted by Crippen LogP contribution is 2.23. The molecule has 2 aromatic heterocycles. The van der Waals surface area contributed by atoms with Crippen LogP contribution in [0.4, 0.5) is 0 Å². The number of nitrogens with one attached hydrogen (secondary N) is 2. The standard InChI is InChI=1S/C14H20N6/c1-19-4-3-12-11(7-19)14(18-17-12)9-20-5-2-10-6-15-16-13(10)8-20/h6H,2-5,7-9H2,1H3,(H,15,16)(H,17,18). The molecule has 0 radical (unpaired) electrons. The van der Waals surface area contributed by atoms with Crippen LogP contribution in [0, 0.1) is 0 Å². The Labute approximate surface area is 118 Å². The lowest BCUT2D eigenvalue weighted by Crippen LogP contribution is -2.31. The second-order valence-electron chi connectivity index (χ2n) is 5.95. The topological polar surface area (TPSA) is 63.8 Å². The molecule has 106 valence electrons. The van der Waals surface area contributed by atoms with E-state index in [2.05, 4.69) is 37.2 Å². The van der Waals surface area contributed by atoms with E-state index in [1.807, 2.05) is 6.20 Å². The monoisotopic (exact) mass is 272 g/mol. The summed E-state index contributed by atoms with van der Waals surface area (Å²) in [5.41, 5.74) is 6.59. The molecule has 2 N–H and O–H groups in total. The summed E-state index contributed by atoms with van der Waals surface area (Å²) in [5, 5.41) is 15.0. The van der Waals surface area contributed by atoms with Crippen LogP contribution in [0.3, 0.4) is 0 Å². The number of hydrogen-bond acceptors (Lipinski definition) is 4. The van der Waals surface area contributed by atoms with Crippen molar-refractivity contribution in [1.29, 1.82) is 0 Å². The molecule has 2 aromatic rings. The van der Waals surface area contributed by atoms with Gasteiger partial charge in [-0.05, 0) is 19.0 Å². The van der Waals surface area contributed by atoms with Gasteiger partial charge in [-0.3, -0.25) is 15.1 Å². The maximum absolute atomic E-state index is 4.55. The SMILES string of the molecule is CN1CCc2[nH]nc(CN3CCc4cn[nH]c4C3)c2C1. The van der Waals surface area contributed by atoms with Crippen LogP contribution in [-0.4, -0.2) is 50.3 Å². The van der Waals surface area contributed by atoms with Crippen LogP contribution in [0.25, 0.3) is 0 Å². The Morgan fingerprint density at radius 1 is 1.15 bits per heavy atom. The normalized spacial score (nSPS) is 19.9.